The highest BCUT2D eigenvalue weighted by molar-refractivity contribution is 5.40. The molecule has 1 aromatic rings. The monoisotopic (exact) mass is 173 g/mol. The van der Waals surface area contributed by atoms with Crippen molar-refractivity contribution < 1.29 is 5.11 Å². The standard InChI is InChI=1S/C12H14O/c1-3-6-10-8-5-9-12(13)11(10)7-4-2/h3-5,8-9,13H,1-2,6-7H2/p-1. The maximum Gasteiger partial charge on any atom is -0.00975 e. The van der Waals surface area contributed by atoms with E-state index >= 15 is 0 Å². The van der Waals surface area contributed by atoms with E-state index in [0.29, 0.717) is 6.42 Å². The molecule has 1 heteroatoms. The molecule has 13 heavy (non-hydrogen) atoms. The second-order valence-corrected chi connectivity index (χ2v) is 2.88. The zero-order valence-corrected chi connectivity index (χ0v) is 7.62. The summed E-state index contributed by atoms with van der Waals surface area (Å²) in [6.07, 6.45) is 4.95. The molecule has 1 aromatic carbocycles. The topological polar surface area (TPSA) is 23.1 Å². The molecule has 0 amide bonds. The van der Waals surface area contributed by atoms with Gasteiger partial charge in [0.2, 0.25) is 0 Å². The molecule has 1 nitrogen and oxygen atoms in total. The smallest absolute Gasteiger partial charge is 0.00975 e. The summed E-state index contributed by atoms with van der Waals surface area (Å²) in [7, 11) is 0. The van der Waals surface area contributed by atoms with Gasteiger partial charge in [-0.25, -0.2) is 0 Å². The summed E-state index contributed by atoms with van der Waals surface area (Å²) in [6, 6.07) is 5.33. The van der Waals surface area contributed by atoms with Crippen molar-refractivity contribution in [2.24, 2.45) is 0 Å². The lowest BCUT2D eigenvalue weighted by Gasteiger charge is -2.15. The SMILES string of the molecule is C=CCc1cccc([O-])c1CC=C. The van der Waals surface area contributed by atoms with E-state index in [2.05, 4.69) is 13.2 Å². The molecule has 0 fully saturated rings. The largest absolute Gasteiger partial charge is 0.872 e. The van der Waals surface area contributed by atoms with E-state index in [4.69, 9.17) is 0 Å². The van der Waals surface area contributed by atoms with Gasteiger partial charge >= 0.3 is 0 Å². The Kier molecular flexibility index (Phi) is 3.32. The molecule has 0 spiro atoms. The van der Waals surface area contributed by atoms with Crippen LogP contribution in [0.25, 0.3) is 0 Å². The first-order valence-corrected chi connectivity index (χ1v) is 4.29. The number of allylic oxidation sites excluding steroid dienone is 2. The fraction of sp³-hybridized carbons (Fsp3) is 0.167. The maximum atomic E-state index is 11.4. The van der Waals surface area contributed by atoms with Crippen molar-refractivity contribution in [3.63, 3.8) is 0 Å². The van der Waals surface area contributed by atoms with Crippen LogP contribution in [0.2, 0.25) is 0 Å². The minimum atomic E-state index is 0.0965. The number of rotatable bonds is 4. The van der Waals surface area contributed by atoms with Crippen LogP contribution >= 0.6 is 0 Å². The van der Waals surface area contributed by atoms with Gasteiger partial charge in [-0.05, 0) is 24.0 Å². The van der Waals surface area contributed by atoms with E-state index in [9.17, 15) is 5.11 Å². The summed E-state index contributed by atoms with van der Waals surface area (Å²) in [4.78, 5) is 0. The first-order chi connectivity index (χ1) is 6.29. The lowest BCUT2D eigenvalue weighted by molar-refractivity contribution is -0.269. The zero-order valence-electron chi connectivity index (χ0n) is 7.62. The van der Waals surface area contributed by atoms with Crippen LogP contribution in [0.5, 0.6) is 5.75 Å². The van der Waals surface area contributed by atoms with Gasteiger partial charge in [0.05, 0.1) is 0 Å². The molecule has 0 saturated carbocycles. The van der Waals surface area contributed by atoms with Crippen LogP contribution in [0, 0.1) is 0 Å². The van der Waals surface area contributed by atoms with Gasteiger partial charge in [0.15, 0.2) is 0 Å². The molecular weight excluding hydrogens is 160 g/mol. The third-order valence-electron chi connectivity index (χ3n) is 1.94. The van der Waals surface area contributed by atoms with Gasteiger partial charge in [-0.15, -0.1) is 18.9 Å². The molecular formula is C12H13O-. The number of benzene rings is 1. The van der Waals surface area contributed by atoms with Crippen LogP contribution in [0.1, 0.15) is 11.1 Å². The third kappa shape index (κ3) is 2.22. The van der Waals surface area contributed by atoms with Crippen molar-refractivity contribution in [3.8, 4) is 5.75 Å². The van der Waals surface area contributed by atoms with E-state index in [1.165, 1.54) is 0 Å². The first kappa shape index (κ1) is 9.59. The van der Waals surface area contributed by atoms with Crippen LogP contribution in [-0.4, -0.2) is 0 Å². The lowest BCUT2D eigenvalue weighted by atomic mass is 10.0. The van der Waals surface area contributed by atoms with E-state index < -0.39 is 0 Å². The molecule has 0 N–H and O–H groups in total. The minimum absolute atomic E-state index is 0.0965. The molecule has 0 bridgehead atoms. The Morgan fingerprint density at radius 2 is 1.85 bits per heavy atom. The number of hydrogen-bond acceptors (Lipinski definition) is 1. The predicted octanol–water partition coefficient (Wildman–Crippen LogP) is 2.22. The van der Waals surface area contributed by atoms with Gasteiger partial charge < -0.3 is 5.11 Å². The molecule has 0 aliphatic carbocycles. The van der Waals surface area contributed by atoms with Crippen molar-refractivity contribution >= 4 is 0 Å². The van der Waals surface area contributed by atoms with Crippen LogP contribution in [-0.2, 0) is 12.8 Å². The van der Waals surface area contributed by atoms with E-state index in [-0.39, 0.29) is 5.75 Å². The summed E-state index contributed by atoms with van der Waals surface area (Å²) in [5, 5.41) is 11.4. The average molecular weight is 173 g/mol. The molecule has 0 unspecified atom stereocenters. The molecule has 0 atom stereocenters. The predicted molar refractivity (Wildman–Crippen MR) is 53.7 cm³/mol. The van der Waals surface area contributed by atoms with Crippen molar-refractivity contribution in [1.82, 2.24) is 0 Å². The first-order valence-electron chi connectivity index (χ1n) is 4.29. The van der Waals surface area contributed by atoms with E-state index in [1.54, 1.807) is 24.3 Å². The summed E-state index contributed by atoms with van der Waals surface area (Å²) < 4.78 is 0. The third-order valence-corrected chi connectivity index (χ3v) is 1.94. The summed E-state index contributed by atoms with van der Waals surface area (Å²) >= 11 is 0. The Labute approximate surface area is 79.0 Å². The summed E-state index contributed by atoms with van der Waals surface area (Å²) in [5.74, 6) is 0.0965. The number of hydrogen-bond donors (Lipinski definition) is 0. The van der Waals surface area contributed by atoms with E-state index in [0.717, 1.165) is 17.5 Å². The molecule has 0 radical (unpaired) electrons. The molecule has 0 saturated heterocycles. The van der Waals surface area contributed by atoms with Crippen LogP contribution in [0.15, 0.2) is 43.5 Å². The van der Waals surface area contributed by atoms with Crippen LogP contribution in [0.3, 0.4) is 0 Å². The molecule has 0 aliphatic heterocycles. The Balaban J connectivity index is 3.08. The molecule has 0 heterocycles. The molecule has 1 rings (SSSR count). The highest BCUT2D eigenvalue weighted by Crippen LogP contribution is 2.20. The molecule has 0 aliphatic rings. The average Bonchev–Trinajstić information content (AvgIpc) is 2.11. The van der Waals surface area contributed by atoms with Gasteiger partial charge in [-0.3, -0.25) is 0 Å². The van der Waals surface area contributed by atoms with Gasteiger partial charge in [0, 0.05) is 0 Å². The van der Waals surface area contributed by atoms with E-state index in [1.807, 2.05) is 6.07 Å². The Morgan fingerprint density at radius 3 is 2.46 bits per heavy atom. The van der Waals surface area contributed by atoms with Crippen LogP contribution < -0.4 is 5.11 Å². The zero-order chi connectivity index (χ0) is 9.68. The Hall–Kier alpha value is -1.50. The minimum Gasteiger partial charge on any atom is -0.872 e. The van der Waals surface area contributed by atoms with Gasteiger partial charge in [-0.2, -0.15) is 0 Å². The second-order valence-electron chi connectivity index (χ2n) is 2.88. The van der Waals surface area contributed by atoms with Crippen molar-refractivity contribution in [2.45, 2.75) is 12.8 Å². The fourth-order valence-electron chi connectivity index (χ4n) is 1.33. The van der Waals surface area contributed by atoms with Gasteiger partial charge in [0.1, 0.15) is 0 Å². The molecule has 68 valence electrons. The lowest BCUT2D eigenvalue weighted by Crippen LogP contribution is -2.00. The quantitative estimate of drug-likeness (QED) is 0.640. The normalized spacial score (nSPS) is 9.54. The summed E-state index contributed by atoms with van der Waals surface area (Å²) in [5.41, 5.74) is 1.90. The maximum absolute atomic E-state index is 11.4. The van der Waals surface area contributed by atoms with Crippen molar-refractivity contribution in [2.75, 3.05) is 0 Å². The Bertz CT molecular complexity index is 313. The van der Waals surface area contributed by atoms with Crippen molar-refractivity contribution in [1.29, 1.82) is 0 Å². The van der Waals surface area contributed by atoms with Crippen LogP contribution in [0.4, 0.5) is 0 Å². The molecule has 0 aromatic heterocycles. The highest BCUT2D eigenvalue weighted by Gasteiger charge is 1.98. The van der Waals surface area contributed by atoms with Crippen molar-refractivity contribution in [3.05, 3.63) is 54.6 Å². The van der Waals surface area contributed by atoms with Gasteiger partial charge in [-0.1, -0.05) is 30.4 Å². The Morgan fingerprint density at radius 1 is 1.15 bits per heavy atom. The fourth-order valence-corrected chi connectivity index (χ4v) is 1.33. The van der Waals surface area contributed by atoms with Gasteiger partial charge in [0.25, 0.3) is 0 Å². The highest BCUT2D eigenvalue weighted by atomic mass is 16.3. The summed E-state index contributed by atoms with van der Waals surface area (Å²) in [6.45, 7) is 7.29. The second kappa shape index (κ2) is 4.51.